The Balaban J connectivity index is 1.35. The van der Waals surface area contributed by atoms with Crippen LogP contribution in [-0.2, 0) is 10.8 Å². The second-order valence-corrected chi connectivity index (χ2v) is 13.7. The maximum Gasteiger partial charge on any atom is 0.0547 e. The van der Waals surface area contributed by atoms with Gasteiger partial charge in [-0.25, -0.2) is 0 Å². The van der Waals surface area contributed by atoms with Crippen LogP contribution in [0, 0.1) is 6.92 Å². The smallest absolute Gasteiger partial charge is 0.0547 e. The Hall–Kier alpha value is -5.08. The first kappa shape index (κ1) is 27.5. The predicted octanol–water partition coefficient (Wildman–Crippen LogP) is 9.73. The fourth-order valence-electron chi connectivity index (χ4n) is 7.93. The highest BCUT2D eigenvalue weighted by molar-refractivity contribution is 5.95. The average Bonchev–Trinajstić information content (AvgIpc) is 3.43. The number of anilines is 3. The number of allylic oxidation sites excluding steroid dienone is 1. The number of fused-ring (bicyclic) bond motifs is 6. The van der Waals surface area contributed by atoms with Crippen molar-refractivity contribution in [3.8, 4) is 16.8 Å². The molecule has 0 saturated carbocycles. The molecule has 2 heterocycles. The van der Waals surface area contributed by atoms with Crippen LogP contribution in [0.25, 0.3) is 40.4 Å². The molecular formula is C43H38N2. The lowest BCUT2D eigenvalue weighted by Crippen LogP contribution is -2.30. The lowest BCUT2D eigenvalue weighted by atomic mass is 9.73. The van der Waals surface area contributed by atoms with Crippen LogP contribution in [0.3, 0.4) is 0 Å². The molecule has 220 valence electrons. The standard InChI is InChI=1S/C43H38N2/c1-8-13-38-28(3)32-25-37-33(26-41(32)44(38)29-20-18-27(2)19-21-29)31-23-22-30(24-36(31)43(37,6)7)45-39-16-11-9-14-34(39)42(4,5)35-15-10-12-17-40(35)45/h8-26H,1,3H2,2,4-7H3/b38-13+. The van der Waals surface area contributed by atoms with Crippen LogP contribution in [0.5, 0.6) is 0 Å². The lowest BCUT2D eigenvalue weighted by molar-refractivity contribution is 0.631. The van der Waals surface area contributed by atoms with Crippen LogP contribution in [0.2, 0.25) is 0 Å². The molecule has 0 unspecified atom stereocenters. The van der Waals surface area contributed by atoms with E-state index in [0.29, 0.717) is 0 Å². The van der Waals surface area contributed by atoms with Crippen molar-refractivity contribution in [2.24, 2.45) is 0 Å². The number of benzene rings is 5. The van der Waals surface area contributed by atoms with Crippen molar-refractivity contribution in [1.29, 1.82) is 0 Å². The third-order valence-electron chi connectivity index (χ3n) is 10.4. The first-order chi connectivity index (χ1) is 21.6. The molecule has 1 aromatic heterocycles. The summed E-state index contributed by atoms with van der Waals surface area (Å²) in [6.07, 6.45) is 3.94. The molecule has 0 N–H and O–H groups in total. The molecule has 6 aromatic rings. The van der Waals surface area contributed by atoms with E-state index in [9.17, 15) is 0 Å². The van der Waals surface area contributed by atoms with E-state index in [0.717, 1.165) is 16.3 Å². The number of para-hydroxylation sites is 2. The molecule has 0 radical (unpaired) electrons. The first-order valence-corrected chi connectivity index (χ1v) is 15.8. The van der Waals surface area contributed by atoms with Crippen molar-refractivity contribution in [3.05, 3.63) is 154 Å². The summed E-state index contributed by atoms with van der Waals surface area (Å²) >= 11 is 0. The van der Waals surface area contributed by atoms with Gasteiger partial charge in [0, 0.05) is 32.8 Å². The van der Waals surface area contributed by atoms with Crippen molar-refractivity contribution < 1.29 is 0 Å². The van der Waals surface area contributed by atoms with Gasteiger partial charge in [0.25, 0.3) is 0 Å². The van der Waals surface area contributed by atoms with Gasteiger partial charge in [-0.2, -0.15) is 0 Å². The molecule has 1 aliphatic heterocycles. The van der Waals surface area contributed by atoms with Gasteiger partial charge in [-0.15, -0.1) is 0 Å². The van der Waals surface area contributed by atoms with Crippen molar-refractivity contribution >= 4 is 40.6 Å². The summed E-state index contributed by atoms with van der Waals surface area (Å²) in [5.41, 5.74) is 15.0. The molecule has 0 spiro atoms. The van der Waals surface area contributed by atoms with E-state index in [1.54, 1.807) is 0 Å². The Labute approximate surface area is 265 Å². The van der Waals surface area contributed by atoms with Gasteiger partial charge in [-0.05, 0) is 94.9 Å². The summed E-state index contributed by atoms with van der Waals surface area (Å²) < 4.78 is 2.34. The fourth-order valence-corrected chi connectivity index (χ4v) is 7.93. The third-order valence-corrected chi connectivity index (χ3v) is 10.4. The molecular weight excluding hydrogens is 544 g/mol. The zero-order valence-electron chi connectivity index (χ0n) is 26.8. The van der Waals surface area contributed by atoms with E-state index in [1.165, 1.54) is 66.9 Å². The average molecular weight is 583 g/mol. The SMILES string of the molecule is C=C/C=c1\c(=C)c2cc3c(cc2n1-c1ccc(C)cc1)-c1ccc(N2c4ccccc4C(C)(C)c4ccccc42)cc1C3(C)C. The van der Waals surface area contributed by atoms with Gasteiger partial charge in [0.15, 0.2) is 0 Å². The second kappa shape index (κ2) is 9.46. The number of aryl methyl sites for hydroxylation is 1. The molecule has 0 bridgehead atoms. The maximum atomic E-state index is 4.58. The Morgan fingerprint density at radius 2 is 1.20 bits per heavy atom. The summed E-state index contributed by atoms with van der Waals surface area (Å²) in [5, 5.41) is 3.29. The summed E-state index contributed by atoms with van der Waals surface area (Å²) in [6.45, 7) is 20.1. The van der Waals surface area contributed by atoms with Crippen molar-refractivity contribution in [3.63, 3.8) is 0 Å². The predicted molar refractivity (Wildman–Crippen MR) is 192 cm³/mol. The number of rotatable bonds is 3. The van der Waals surface area contributed by atoms with E-state index >= 15 is 0 Å². The Bertz CT molecular complexity index is 2260. The van der Waals surface area contributed by atoms with E-state index in [-0.39, 0.29) is 10.8 Å². The molecule has 5 aromatic carbocycles. The summed E-state index contributed by atoms with van der Waals surface area (Å²) in [4.78, 5) is 2.46. The molecule has 2 aliphatic rings. The highest BCUT2D eigenvalue weighted by Crippen LogP contribution is 2.55. The van der Waals surface area contributed by atoms with Crippen molar-refractivity contribution in [2.75, 3.05) is 4.90 Å². The molecule has 8 rings (SSSR count). The summed E-state index contributed by atoms with van der Waals surface area (Å²) in [6, 6.07) is 38.4. The molecule has 2 heteroatoms. The van der Waals surface area contributed by atoms with Gasteiger partial charge in [0.05, 0.1) is 22.2 Å². The van der Waals surface area contributed by atoms with E-state index in [4.69, 9.17) is 0 Å². The molecule has 0 saturated heterocycles. The fraction of sp³-hybridized carbons (Fsp3) is 0.163. The van der Waals surface area contributed by atoms with Gasteiger partial charge >= 0.3 is 0 Å². The lowest BCUT2D eigenvalue weighted by Gasteiger charge is -2.42. The van der Waals surface area contributed by atoms with Gasteiger partial charge in [-0.1, -0.05) is 107 Å². The Morgan fingerprint density at radius 3 is 1.84 bits per heavy atom. The minimum Gasteiger partial charge on any atom is -0.310 e. The summed E-state index contributed by atoms with van der Waals surface area (Å²) in [7, 11) is 0. The van der Waals surface area contributed by atoms with Crippen LogP contribution in [-0.4, -0.2) is 4.57 Å². The normalized spacial score (nSPS) is 15.8. The van der Waals surface area contributed by atoms with Crippen molar-refractivity contribution in [2.45, 2.75) is 45.4 Å². The molecule has 45 heavy (non-hydrogen) atoms. The largest absolute Gasteiger partial charge is 0.310 e. The molecule has 0 amide bonds. The highest BCUT2D eigenvalue weighted by Gasteiger charge is 2.39. The van der Waals surface area contributed by atoms with E-state index in [2.05, 4.69) is 166 Å². The van der Waals surface area contributed by atoms with Crippen LogP contribution in [0.4, 0.5) is 17.1 Å². The topological polar surface area (TPSA) is 8.17 Å². The molecule has 2 nitrogen and oxygen atoms in total. The monoisotopic (exact) mass is 582 g/mol. The maximum absolute atomic E-state index is 4.58. The number of aromatic nitrogens is 1. The quantitative estimate of drug-likeness (QED) is 0.202. The number of nitrogens with zero attached hydrogens (tertiary/aromatic N) is 2. The summed E-state index contributed by atoms with van der Waals surface area (Å²) in [5.74, 6) is 0. The molecule has 0 fully saturated rings. The third kappa shape index (κ3) is 3.75. The van der Waals surface area contributed by atoms with Crippen molar-refractivity contribution in [1.82, 2.24) is 4.57 Å². The Kier molecular flexibility index (Phi) is 5.77. The molecule has 0 atom stereocenters. The first-order valence-electron chi connectivity index (χ1n) is 15.8. The minimum absolute atomic E-state index is 0.0822. The van der Waals surface area contributed by atoms with Crippen LogP contribution in [0.15, 0.2) is 116 Å². The number of hydrogen-bond donors (Lipinski definition) is 0. The minimum atomic E-state index is -0.177. The second-order valence-electron chi connectivity index (χ2n) is 13.7. The zero-order valence-corrected chi connectivity index (χ0v) is 26.8. The molecule has 1 aliphatic carbocycles. The van der Waals surface area contributed by atoms with E-state index in [1.807, 2.05) is 6.08 Å². The van der Waals surface area contributed by atoms with Gasteiger partial charge in [0.2, 0.25) is 0 Å². The van der Waals surface area contributed by atoms with Gasteiger partial charge < -0.3 is 9.47 Å². The number of hydrogen-bond acceptors (Lipinski definition) is 1. The van der Waals surface area contributed by atoms with Crippen LogP contribution < -0.4 is 15.5 Å². The van der Waals surface area contributed by atoms with E-state index < -0.39 is 0 Å². The van der Waals surface area contributed by atoms with Crippen LogP contribution >= 0.6 is 0 Å². The zero-order chi connectivity index (χ0) is 31.2. The van der Waals surface area contributed by atoms with Gasteiger partial charge in [-0.3, -0.25) is 0 Å². The van der Waals surface area contributed by atoms with Gasteiger partial charge in [0.1, 0.15) is 0 Å². The van der Waals surface area contributed by atoms with Crippen LogP contribution in [0.1, 0.15) is 55.5 Å². The highest BCUT2D eigenvalue weighted by atomic mass is 15.2. The Morgan fingerprint density at radius 1 is 0.622 bits per heavy atom.